The van der Waals surface area contributed by atoms with Gasteiger partial charge in [-0.2, -0.15) is 0 Å². The quantitative estimate of drug-likeness (QED) is 0.483. The Labute approximate surface area is 66.0 Å². The van der Waals surface area contributed by atoms with Crippen LogP contribution in [-0.2, 0) is 0 Å². The standard InChI is InChI=1S/C10H21/c1-8(9(2,3)4)10(5,6)7/h1-7H3. The molecule has 0 nitrogen and oxygen atoms in total. The smallest absolute Gasteiger partial charge is 0.0165 e. The average molecular weight is 141 g/mol. The van der Waals surface area contributed by atoms with Crippen LogP contribution in [0.5, 0.6) is 0 Å². The van der Waals surface area contributed by atoms with Crippen molar-refractivity contribution in [3.63, 3.8) is 0 Å². The molecule has 0 unspecified atom stereocenters. The summed E-state index contributed by atoms with van der Waals surface area (Å²) in [4.78, 5) is 0. The zero-order chi connectivity index (χ0) is 8.58. The molecule has 0 saturated carbocycles. The first-order valence-corrected chi connectivity index (χ1v) is 4.00. The molecule has 0 saturated heterocycles. The Balaban J connectivity index is 4.23. The van der Waals surface area contributed by atoms with Crippen molar-refractivity contribution in [1.82, 2.24) is 0 Å². The summed E-state index contributed by atoms with van der Waals surface area (Å²) in [7, 11) is 0. The zero-order valence-corrected chi connectivity index (χ0v) is 8.50. The molecule has 1 radical (unpaired) electrons. The highest BCUT2D eigenvalue weighted by molar-refractivity contribution is 5.04. The van der Waals surface area contributed by atoms with E-state index in [4.69, 9.17) is 0 Å². The fourth-order valence-electron chi connectivity index (χ4n) is 1.12. The molecule has 61 valence electrons. The number of rotatable bonds is 0. The van der Waals surface area contributed by atoms with Gasteiger partial charge in [0, 0.05) is 0 Å². The SMILES string of the molecule is C[C](C(C)(C)C)C(C)(C)C. The Hall–Kier alpha value is 0. The van der Waals surface area contributed by atoms with E-state index in [0.29, 0.717) is 10.8 Å². The van der Waals surface area contributed by atoms with Gasteiger partial charge in [0.25, 0.3) is 0 Å². The summed E-state index contributed by atoms with van der Waals surface area (Å²) < 4.78 is 0. The minimum Gasteiger partial charge on any atom is -0.0596 e. The zero-order valence-electron chi connectivity index (χ0n) is 8.50. The Morgan fingerprint density at radius 3 is 0.900 bits per heavy atom. The summed E-state index contributed by atoms with van der Waals surface area (Å²) in [6, 6.07) is 0. The van der Waals surface area contributed by atoms with Crippen LogP contribution in [0.15, 0.2) is 0 Å². The van der Waals surface area contributed by atoms with E-state index in [-0.39, 0.29) is 0 Å². The molecule has 0 spiro atoms. The van der Waals surface area contributed by atoms with Gasteiger partial charge in [-0.15, -0.1) is 0 Å². The van der Waals surface area contributed by atoms with Gasteiger partial charge in [0.2, 0.25) is 0 Å². The van der Waals surface area contributed by atoms with Gasteiger partial charge in [-0.1, -0.05) is 48.5 Å². The minimum absolute atomic E-state index is 0.359. The first kappa shape index (κ1) is 10.0. The molecular formula is C10H21. The fraction of sp³-hybridized carbons (Fsp3) is 0.900. The van der Waals surface area contributed by atoms with Crippen LogP contribution in [0.3, 0.4) is 0 Å². The van der Waals surface area contributed by atoms with Crippen LogP contribution in [0.4, 0.5) is 0 Å². The van der Waals surface area contributed by atoms with Crippen LogP contribution >= 0.6 is 0 Å². The molecule has 0 amide bonds. The Bertz CT molecular complexity index is 84.2. The van der Waals surface area contributed by atoms with Gasteiger partial charge in [-0.3, -0.25) is 0 Å². The van der Waals surface area contributed by atoms with Crippen molar-refractivity contribution >= 4 is 0 Å². The van der Waals surface area contributed by atoms with Crippen molar-refractivity contribution in [2.45, 2.75) is 48.5 Å². The first-order chi connectivity index (χ1) is 4.15. The Morgan fingerprint density at radius 2 is 0.900 bits per heavy atom. The second kappa shape index (κ2) is 2.56. The van der Waals surface area contributed by atoms with Gasteiger partial charge in [0.1, 0.15) is 0 Å². The molecule has 0 aliphatic carbocycles. The number of hydrogen-bond donors (Lipinski definition) is 0. The van der Waals surface area contributed by atoms with E-state index in [9.17, 15) is 0 Å². The van der Waals surface area contributed by atoms with Gasteiger partial charge >= 0.3 is 0 Å². The van der Waals surface area contributed by atoms with Crippen molar-refractivity contribution < 1.29 is 0 Å². The summed E-state index contributed by atoms with van der Waals surface area (Å²) in [5.41, 5.74) is 0.719. The van der Waals surface area contributed by atoms with E-state index < -0.39 is 0 Å². The Morgan fingerprint density at radius 1 is 0.700 bits per heavy atom. The monoisotopic (exact) mass is 141 g/mol. The molecule has 0 heteroatoms. The molecule has 0 aliphatic heterocycles. The van der Waals surface area contributed by atoms with Crippen molar-refractivity contribution in [3.8, 4) is 0 Å². The normalized spacial score (nSPS) is 14.4. The highest BCUT2D eigenvalue weighted by Crippen LogP contribution is 2.40. The van der Waals surface area contributed by atoms with Crippen molar-refractivity contribution in [2.24, 2.45) is 10.8 Å². The second-order valence-corrected chi connectivity index (χ2v) is 5.12. The lowest BCUT2D eigenvalue weighted by atomic mass is 9.68. The van der Waals surface area contributed by atoms with Crippen LogP contribution in [0, 0.1) is 16.7 Å². The predicted molar refractivity (Wildman–Crippen MR) is 47.8 cm³/mol. The summed E-state index contributed by atoms with van der Waals surface area (Å²) in [6.07, 6.45) is 0. The maximum absolute atomic E-state index is 2.27. The van der Waals surface area contributed by atoms with Gasteiger partial charge in [-0.25, -0.2) is 0 Å². The molecule has 0 heterocycles. The molecule has 0 aromatic heterocycles. The van der Waals surface area contributed by atoms with Gasteiger partial charge in [0.05, 0.1) is 0 Å². The molecular weight excluding hydrogens is 120 g/mol. The summed E-state index contributed by atoms with van der Waals surface area (Å²) in [5, 5.41) is 0. The molecule has 0 rings (SSSR count). The molecule has 0 aromatic carbocycles. The molecule has 0 bridgehead atoms. The minimum atomic E-state index is 0.359. The van der Waals surface area contributed by atoms with E-state index in [1.807, 2.05) is 0 Å². The molecule has 0 N–H and O–H groups in total. The Kier molecular flexibility index (Phi) is 2.56. The summed E-state index contributed by atoms with van der Waals surface area (Å²) in [5.74, 6) is 1.57. The van der Waals surface area contributed by atoms with E-state index in [0.717, 1.165) is 0 Å². The van der Waals surface area contributed by atoms with Crippen molar-refractivity contribution in [3.05, 3.63) is 5.92 Å². The maximum atomic E-state index is 2.27. The van der Waals surface area contributed by atoms with Crippen LogP contribution in [0.25, 0.3) is 0 Å². The third-order valence-corrected chi connectivity index (χ3v) is 2.25. The lowest BCUT2D eigenvalue weighted by Crippen LogP contribution is -2.27. The molecule has 10 heavy (non-hydrogen) atoms. The highest BCUT2D eigenvalue weighted by atomic mass is 14.4. The molecule has 0 fully saturated rings. The third kappa shape index (κ3) is 2.72. The molecule has 0 aromatic rings. The number of hydrogen-bond acceptors (Lipinski definition) is 0. The van der Waals surface area contributed by atoms with Gasteiger partial charge < -0.3 is 0 Å². The maximum Gasteiger partial charge on any atom is -0.0165 e. The van der Waals surface area contributed by atoms with Crippen LogP contribution in [0.2, 0.25) is 0 Å². The van der Waals surface area contributed by atoms with E-state index in [2.05, 4.69) is 48.5 Å². The lowest BCUT2D eigenvalue weighted by molar-refractivity contribution is 0.285. The van der Waals surface area contributed by atoms with Gasteiger partial charge in [0.15, 0.2) is 0 Å². The fourth-order valence-corrected chi connectivity index (χ4v) is 1.12. The highest BCUT2D eigenvalue weighted by Gasteiger charge is 2.30. The van der Waals surface area contributed by atoms with E-state index >= 15 is 0 Å². The largest absolute Gasteiger partial charge is 0.0596 e. The van der Waals surface area contributed by atoms with Gasteiger partial charge in [-0.05, 0) is 16.7 Å². The summed E-state index contributed by atoms with van der Waals surface area (Å²) in [6.45, 7) is 15.9. The van der Waals surface area contributed by atoms with Crippen molar-refractivity contribution in [1.29, 1.82) is 0 Å². The van der Waals surface area contributed by atoms with Crippen LogP contribution in [0.1, 0.15) is 48.5 Å². The van der Waals surface area contributed by atoms with E-state index in [1.165, 1.54) is 0 Å². The summed E-state index contributed by atoms with van der Waals surface area (Å²) >= 11 is 0. The van der Waals surface area contributed by atoms with E-state index in [1.54, 1.807) is 5.92 Å². The average Bonchev–Trinajstić information content (AvgIpc) is 1.59. The topological polar surface area (TPSA) is 0 Å². The first-order valence-electron chi connectivity index (χ1n) is 4.00. The lowest BCUT2D eigenvalue weighted by Gasteiger charge is -2.37. The third-order valence-electron chi connectivity index (χ3n) is 2.25. The second-order valence-electron chi connectivity index (χ2n) is 5.12. The van der Waals surface area contributed by atoms with Crippen molar-refractivity contribution in [2.75, 3.05) is 0 Å². The van der Waals surface area contributed by atoms with Crippen LogP contribution < -0.4 is 0 Å². The predicted octanol–water partition coefficient (Wildman–Crippen LogP) is 3.67. The molecule has 0 atom stereocenters. The van der Waals surface area contributed by atoms with Crippen LogP contribution in [-0.4, -0.2) is 0 Å². The molecule has 0 aliphatic rings.